The molecule has 0 unspecified atom stereocenters. The Bertz CT molecular complexity index is 543. The van der Waals surface area contributed by atoms with E-state index in [4.69, 9.17) is 12.2 Å². The van der Waals surface area contributed by atoms with E-state index in [0.717, 1.165) is 11.4 Å². The molecule has 96 valence electrons. The number of pyridine rings is 2. The summed E-state index contributed by atoms with van der Waals surface area (Å²) in [7, 11) is 0. The second-order valence-corrected chi connectivity index (χ2v) is 5.21. The fourth-order valence-electron chi connectivity index (χ4n) is 1.26. The Balaban J connectivity index is 1.75. The zero-order valence-corrected chi connectivity index (χ0v) is 11.7. The Morgan fingerprint density at radius 1 is 1.26 bits per heavy atom. The van der Waals surface area contributed by atoms with Gasteiger partial charge >= 0.3 is 0 Å². The van der Waals surface area contributed by atoms with Crippen LogP contribution in [-0.4, -0.2) is 20.5 Å². The van der Waals surface area contributed by atoms with Gasteiger partial charge in [-0.3, -0.25) is 15.4 Å². The number of hydrazone groups is 1. The zero-order chi connectivity index (χ0) is 13.3. The van der Waals surface area contributed by atoms with Crippen LogP contribution >= 0.6 is 24.0 Å². The van der Waals surface area contributed by atoms with E-state index in [1.807, 2.05) is 30.3 Å². The molecule has 2 aromatic heterocycles. The van der Waals surface area contributed by atoms with E-state index >= 15 is 0 Å². The number of aromatic nitrogens is 2. The summed E-state index contributed by atoms with van der Waals surface area (Å²) in [6.07, 6.45) is 6.90. The van der Waals surface area contributed by atoms with Gasteiger partial charge in [-0.05, 0) is 29.8 Å². The Labute approximate surface area is 121 Å². The van der Waals surface area contributed by atoms with Crippen LogP contribution in [0.5, 0.6) is 0 Å². The molecule has 0 fully saturated rings. The van der Waals surface area contributed by atoms with E-state index in [-0.39, 0.29) is 0 Å². The number of hydrogen-bond acceptors (Lipinski definition) is 5. The molecule has 0 amide bonds. The molecule has 0 spiro atoms. The van der Waals surface area contributed by atoms with Crippen molar-refractivity contribution >= 4 is 34.5 Å². The summed E-state index contributed by atoms with van der Waals surface area (Å²) < 4.78 is 0.629. The van der Waals surface area contributed by atoms with Crippen molar-refractivity contribution in [3.63, 3.8) is 0 Å². The highest BCUT2D eigenvalue weighted by Crippen LogP contribution is 2.11. The minimum absolute atomic E-state index is 0.629. The number of thioether (sulfide) groups is 1. The van der Waals surface area contributed by atoms with E-state index in [1.54, 1.807) is 24.8 Å². The topological polar surface area (TPSA) is 50.2 Å². The first-order chi connectivity index (χ1) is 9.34. The van der Waals surface area contributed by atoms with Crippen molar-refractivity contribution in [3.05, 3.63) is 60.2 Å². The van der Waals surface area contributed by atoms with Gasteiger partial charge in [-0.2, -0.15) is 5.10 Å². The third-order valence-corrected chi connectivity index (χ3v) is 3.44. The molecule has 0 aliphatic rings. The van der Waals surface area contributed by atoms with E-state index in [9.17, 15) is 0 Å². The summed E-state index contributed by atoms with van der Waals surface area (Å²) in [5.41, 5.74) is 4.78. The number of hydrogen-bond donors (Lipinski definition) is 1. The van der Waals surface area contributed by atoms with E-state index in [0.29, 0.717) is 4.32 Å². The molecule has 2 aromatic rings. The lowest BCUT2D eigenvalue weighted by atomic mass is 10.3. The molecule has 0 bridgehead atoms. The summed E-state index contributed by atoms with van der Waals surface area (Å²) in [5, 5.41) is 4.04. The molecular formula is C13H12N4S2. The lowest BCUT2D eigenvalue weighted by Gasteiger charge is -2.02. The predicted octanol–water partition coefficient (Wildman–Crippen LogP) is 2.62. The van der Waals surface area contributed by atoms with Crippen LogP contribution in [0.25, 0.3) is 0 Å². The standard InChI is InChI=1S/C13H12N4S2/c18-13(19-10-11-4-7-14-8-5-11)17-16-9-12-3-1-2-6-15-12/h1-9H,10H2,(H,17,18)/b16-9+. The van der Waals surface area contributed by atoms with Crippen molar-refractivity contribution in [2.45, 2.75) is 5.75 Å². The van der Waals surface area contributed by atoms with E-state index < -0.39 is 0 Å². The average molecular weight is 288 g/mol. The molecule has 0 atom stereocenters. The summed E-state index contributed by atoms with van der Waals surface area (Å²) in [4.78, 5) is 8.09. The van der Waals surface area contributed by atoms with Crippen LogP contribution < -0.4 is 5.43 Å². The number of thiocarbonyl (C=S) groups is 1. The van der Waals surface area contributed by atoms with Crippen molar-refractivity contribution in [2.75, 3.05) is 0 Å². The molecule has 0 saturated heterocycles. The van der Waals surface area contributed by atoms with Gasteiger partial charge in [-0.15, -0.1) is 0 Å². The Morgan fingerprint density at radius 2 is 2.11 bits per heavy atom. The normalized spacial score (nSPS) is 10.5. The van der Waals surface area contributed by atoms with Gasteiger partial charge in [-0.25, -0.2) is 0 Å². The van der Waals surface area contributed by atoms with Crippen molar-refractivity contribution in [2.24, 2.45) is 5.10 Å². The molecule has 0 aliphatic carbocycles. The van der Waals surface area contributed by atoms with Crippen LogP contribution in [0.4, 0.5) is 0 Å². The maximum Gasteiger partial charge on any atom is 0.154 e. The van der Waals surface area contributed by atoms with Gasteiger partial charge in [0.15, 0.2) is 4.32 Å². The smallest absolute Gasteiger partial charge is 0.154 e. The highest BCUT2D eigenvalue weighted by molar-refractivity contribution is 8.22. The number of nitrogens with one attached hydrogen (secondary N) is 1. The lowest BCUT2D eigenvalue weighted by Crippen LogP contribution is -2.11. The van der Waals surface area contributed by atoms with Crippen LogP contribution in [0.3, 0.4) is 0 Å². The van der Waals surface area contributed by atoms with Crippen molar-refractivity contribution < 1.29 is 0 Å². The SMILES string of the molecule is S=C(N/N=C/c1ccccn1)SCc1ccncc1. The maximum absolute atomic E-state index is 5.17. The number of rotatable bonds is 4. The first kappa shape index (κ1) is 13.6. The van der Waals surface area contributed by atoms with E-state index in [1.165, 1.54) is 17.3 Å². The van der Waals surface area contributed by atoms with Crippen LogP contribution in [0, 0.1) is 0 Å². The molecule has 0 aromatic carbocycles. The first-order valence-corrected chi connectivity index (χ1v) is 7.00. The van der Waals surface area contributed by atoms with Crippen LogP contribution in [-0.2, 0) is 5.75 Å². The minimum Gasteiger partial charge on any atom is -0.265 e. The monoisotopic (exact) mass is 288 g/mol. The predicted molar refractivity (Wildman–Crippen MR) is 83.1 cm³/mol. The summed E-state index contributed by atoms with van der Waals surface area (Å²) in [6, 6.07) is 9.57. The Hall–Kier alpha value is -1.79. The molecule has 0 saturated carbocycles. The highest BCUT2D eigenvalue weighted by Gasteiger charge is 1.97. The molecule has 0 radical (unpaired) electrons. The van der Waals surface area contributed by atoms with Gasteiger partial charge in [0.1, 0.15) is 0 Å². The zero-order valence-electron chi connectivity index (χ0n) is 10.1. The number of nitrogens with zero attached hydrogens (tertiary/aromatic N) is 3. The first-order valence-electron chi connectivity index (χ1n) is 5.60. The van der Waals surface area contributed by atoms with Crippen molar-refractivity contribution in [1.82, 2.24) is 15.4 Å². The van der Waals surface area contributed by atoms with Gasteiger partial charge in [-0.1, -0.05) is 30.0 Å². The second kappa shape index (κ2) is 7.60. The Kier molecular flexibility index (Phi) is 5.46. The third-order valence-electron chi connectivity index (χ3n) is 2.16. The minimum atomic E-state index is 0.629. The van der Waals surface area contributed by atoms with Gasteiger partial charge < -0.3 is 0 Å². The third kappa shape index (κ3) is 5.15. The Morgan fingerprint density at radius 3 is 2.84 bits per heavy atom. The van der Waals surface area contributed by atoms with Gasteiger partial charge in [0.25, 0.3) is 0 Å². The second-order valence-electron chi connectivity index (χ2n) is 3.56. The summed E-state index contributed by atoms with van der Waals surface area (Å²) >= 11 is 6.69. The van der Waals surface area contributed by atoms with Gasteiger partial charge in [0, 0.05) is 24.3 Å². The molecule has 1 N–H and O–H groups in total. The summed E-state index contributed by atoms with van der Waals surface area (Å²) in [5.74, 6) is 0.799. The van der Waals surface area contributed by atoms with Crippen LogP contribution in [0.1, 0.15) is 11.3 Å². The van der Waals surface area contributed by atoms with E-state index in [2.05, 4.69) is 20.5 Å². The fourth-order valence-corrected chi connectivity index (χ4v) is 2.10. The van der Waals surface area contributed by atoms with Gasteiger partial charge in [0.2, 0.25) is 0 Å². The van der Waals surface area contributed by atoms with Crippen molar-refractivity contribution in [1.29, 1.82) is 0 Å². The van der Waals surface area contributed by atoms with Gasteiger partial charge in [0.05, 0.1) is 11.9 Å². The molecule has 6 heteroatoms. The molecule has 19 heavy (non-hydrogen) atoms. The van der Waals surface area contributed by atoms with Crippen molar-refractivity contribution in [3.8, 4) is 0 Å². The van der Waals surface area contributed by atoms with Crippen LogP contribution in [0.15, 0.2) is 54.0 Å². The fraction of sp³-hybridized carbons (Fsp3) is 0.0769. The molecule has 2 heterocycles. The quantitative estimate of drug-likeness (QED) is 0.532. The summed E-state index contributed by atoms with van der Waals surface area (Å²) in [6.45, 7) is 0. The lowest BCUT2D eigenvalue weighted by molar-refractivity contribution is 1.07. The molecular weight excluding hydrogens is 276 g/mol. The maximum atomic E-state index is 5.17. The molecule has 2 rings (SSSR count). The molecule has 4 nitrogen and oxygen atoms in total. The average Bonchev–Trinajstić information content (AvgIpc) is 2.47. The molecule has 0 aliphatic heterocycles. The highest BCUT2D eigenvalue weighted by atomic mass is 32.2. The van der Waals surface area contributed by atoms with Crippen LogP contribution in [0.2, 0.25) is 0 Å². The largest absolute Gasteiger partial charge is 0.265 e.